The molecule has 0 heterocycles. The predicted octanol–water partition coefficient (Wildman–Crippen LogP) is 3.47. The molecule has 3 heteroatoms. The van der Waals surface area contributed by atoms with E-state index >= 15 is 0 Å². The summed E-state index contributed by atoms with van der Waals surface area (Å²) in [4.78, 5) is 0. The van der Waals surface area contributed by atoms with Crippen LogP contribution in [0.3, 0.4) is 0 Å². The van der Waals surface area contributed by atoms with Crippen LogP contribution in [0.5, 0.6) is 11.5 Å². The van der Waals surface area contributed by atoms with Gasteiger partial charge in [-0.15, -0.1) is 0 Å². The van der Waals surface area contributed by atoms with E-state index < -0.39 is 0 Å². The van der Waals surface area contributed by atoms with E-state index in [2.05, 4.69) is 0 Å². The maximum absolute atomic E-state index is 5.89. The van der Waals surface area contributed by atoms with Crippen LogP contribution in [0.4, 0.5) is 5.69 Å². The number of methoxy groups -OCH3 is 1. The second-order valence-corrected chi connectivity index (χ2v) is 4.57. The van der Waals surface area contributed by atoms with Crippen molar-refractivity contribution in [3.63, 3.8) is 0 Å². The molecule has 0 saturated carbocycles. The Kier molecular flexibility index (Phi) is 3.95. The molecule has 0 unspecified atom stereocenters. The number of hydrogen-bond donors (Lipinski definition) is 1. The van der Waals surface area contributed by atoms with Gasteiger partial charge in [0, 0.05) is 5.69 Å². The summed E-state index contributed by atoms with van der Waals surface area (Å²) >= 11 is 0. The fraction of sp³-hybridized carbons (Fsp3) is 0.250. The molecule has 19 heavy (non-hydrogen) atoms. The molecule has 3 nitrogen and oxygen atoms in total. The molecule has 2 rings (SSSR count). The molecule has 0 radical (unpaired) electrons. The van der Waals surface area contributed by atoms with E-state index in [4.69, 9.17) is 15.2 Å². The summed E-state index contributed by atoms with van der Waals surface area (Å²) in [5, 5.41) is 0. The zero-order valence-electron chi connectivity index (χ0n) is 11.6. The Balaban J connectivity index is 2.17. The SMILES string of the molecule is COc1cc(C)ccc1OCc1cccc(N)c1C. The average Bonchev–Trinajstić information content (AvgIpc) is 2.41. The van der Waals surface area contributed by atoms with Crippen LogP contribution in [-0.2, 0) is 6.61 Å². The van der Waals surface area contributed by atoms with E-state index in [1.54, 1.807) is 7.11 Å². The lowest BCUT2D eigenvalue weighted by Crippen LogP contribution is -2.01. The quantitative estimate of drug-likeness (QED) is 0.853. The molecule has 2 aromatic carbocycles. The van der Waals surface area contributed by atoms with Gasteiger partial charge in [-0.25, -0.2) is 0 Å². The summed E-state index contributed by atoms with van der Waals surface area (Å²) in [6.07, 6.45) is 0. The summed E-state index contributed by atoms with van der Waals surface area (Å²) in [7, 11) is 1.65. The third-order valence-electron chi connectivity index (χ3n) is 3.19. The summed E-state index contributed by atoms with van der Waals surface area (Å²) in [6.45, 7) is 4.50. The van der Waals surface area contributed by atoms with Crippen LogP contribution in [0.25, 0.3) is 0 Å². The number of ether oxygens (including phenoxy) is 2. The van der Waals surface area contributed by atoms with E-state index in [1.165, 1.54) is 0 Å². The van der Waals surface area contributed by atoms with Gasteiger partial charge < -0.3 is 15.2 Å². The third kappa shape index (κ3) is 2.99. The van der Waals surface area contributed by atoms with Crippen LogP contribution in [-0.4, -0.2) is 7.11 Å². The average molecular weight is 257 g/mol. The molecule has 0 aromatic heterocycles. The Hall–Kier alpha value is -2.16. The normalized spacial score (nSPS) is 10.3. The van der Waals surface area contributed by atoms with Crippen molar-refractivity contribution in [2.75, 3.05) is 12.8 Å². The summed E-state index contributed by atoms with van der Waals surface area (Å²) in [5.41, 5.74) is 9.97. The first kappa shape index (κ1) is 13.3. The van der Waals surface area contributed by atoms with E-state index in [0.717, 1.165) is 33.9 Å². The standard InChI is InChI=1S/C16H19NO2/c1-11-7-8-15(16(9-11)18-3)19-10-13-5-4-6-14(17)12(13)2/h4-9H,10,17H2,1-3H3. The maximum atomic E-state index is 5.89. The first-order chi connectivity index (χ1) is 9.11. The van der Waals surface area contributed by atoms with Crippen LogP contribution in [0.1, 0.15) is 16.7 Å². The van der Waals surface area contributed by atoms with Gasteiger partial charge in [0.1, 0.15) is 6.61 Å². The van der Waals surface area contributed by atoms with Crippen molar-refractivity contribution < 1.29 is 9.47 Å². The van der Waals surface area contributed by atoms with E-state index in [1.807, 2.05) is 50.2 Å². The van der Waals surface area contributed by atoms with Crippen LogP contribution < -0.4 is 15.2 Å². The Morgan fingerprint density at radius 2 is 1.84 bits per heavy atom. The molecule has 0 bridgehead atoms. The Morgan fingerprint density at radius 1 is 1.05 bits per heavy atom. The summed E-state index contributed by atoms with van der Waals surface area (Å²) in [6, 6.07) is 11.7. The Bertz CT molecular complexity index is 579. The maximum Gasteiger partial charge on any atom is 0.161 e. The van der Waals surface area contributed by atoms with Crippen molar-refractivity contribution in [2.24, 2.45) is 0 Å². The van der Waals surface area contributed by atoms with Crippen molar-refractivity contribution in [1.29, 1.82) is 0 Å². The van der Waals surface area contributed by atoms with Crippen molar-refractivity contribution in [3.05, 3.63) is 53.1 Å². The van der Waals surface area contributed by atoms with Gasteiger partial charge in [-0.05, 0) is 48.7 Å². The number of aryl methyl sites for hydroxylation is 1. The van der Waals surface area contributed by atoms with Gasteiger partial charge >= 0.3 is 0 Å². The van der Waals surface area contributed by atoms with Crippen molar-refractivity contribution in [3.8, 4) is 11.5 Å². The highest BCUT2D eigenvalue weighted by atomic mass is 16.5. The van der Waals surface area contributed by atoms with Gasteiger partial charge in [0.2, 0.25) is 0 Å². The molecule has 2 aromatic rings. The molecule has 100 valence electrons. The highest BCUT2D eigenvalue weighted by Gasteiger charge is 2.06. The molecule has 2 N–H and O–H groups in total. The molecule has 0 atom stereocenters. The van der Waals surface area contributed by atoms with Gasteiger partial charge in [0.25, 0.3) is 0 Å². The fourth-order valence-electron chi connectivity index (χ4n) is 1.91. The minimum absolute atomic E-state index is 0.482. The monoisotopic (exact) mass is 257 g/mol. The van der Waals surface area contributed by atoms with Crippen molar-refractivity contribution in [2.45, 2.75) is 20.5 Å². The second kappa shape index (κ2) is 5.65. The minimum atomic E-state index is 0.482. The predicted molar refractivity (Wildman–Crippen MR) is 77.7 cm³/mol. The van der Waals surface area contributed by atoms with Crippen LogP contribution in [0, 0.1) is 13.8 Å². The van der Waals surface area contributed by atoms with E-state index in [-0.39, 0.29) is 0 Å². The van der Waals surface area contributed by atoms with Crippen LogP contribution >= 0.6 is 0 Å². The number of anilines is 1. The van der Waals surface area contributed by atoms with Gasteiger partial charge in [-0.3, -0.25) is 0 Å². The fourth-order valence-corrected chi connectivity index (χ4v) is 1.91. The number of benzene rings is 2. The van der Waals surface area contributed by atoms with Crippen molar-refractivity contribution >= 4 is 5.69 Å². The second-order valence-electron chi connectivity index (χ2n) is 4.57. The highest BCUT2D eigenvalue weighted by Crippen LogP contribution is 2.29. The lowest BCUT2D eigenvalue weighted by atomic mass is 10.1. The molecular weight excluding hydrogens is 238 g/mol. The van der Waals surface area contributed by atoms with Crippen LogP contribution in [0.15, 0.2) is 36.4 Å². The number of rotatable bonds is 4. The molecule has 0 aliphatic rings. The lowest BCUT2D eigenvalue weighted by Gasteiger charge is -2.13. The number of nitrogen functional groups attached to an aromatic ring is 1. The zero-order chi connectivity index (χ0) is 13.8. The molecule has 0 saturated heterocycles. The summed E-state index contributed by atoms with van der Waals surface area (Å²) in [5.74, 6) is 1.50. The van der Waals surface area contributed by atoms with Crippen molar-refractivity contribution in [1.82, 2.24) is 0 Å². The Morgan fingerprint density at radius 3 is 2.58 bits per heavy atom. The molecule has 0 amide bonds. The highest BCUT2D eigenvalue weighted by molar-refractivity contribution is 5.50. The zero-order valence-corrected chi connectivity index (χ0v) is 11.6. The largest absolute Gasteiger partial charge is 0.493 e. The number of nitrogens with two attached hydrogens (primary N) is 1. The number of hydrogen-bond acceptors (Lipinski definition) is 3. The molecule has 0 aliphatic heterocycles. The third-order valence-corrected chi connectivity index (χ3v) is 3.19. The molecule has 0 spiro atoms. The molecule has 0 aliphatic carbocycles. The molecular formula is C16H19NO2. The lowest BCUT2D eigenvalue weighted by molar-refractivity contribution is 0.284. The summed E-state index contributed by atoms with van der Waals surface area (Å²) < 4.78 is 11.1. The topological polar surface area (TPSA) is 44.5 Å². The van der Waals surface area contributed by atoms with Gasteiger partial charge in [-0.2, -0.15) is 0 Å². The minimum Gasteiger partial charge on any atom is -0.493 e. The first-order valence-electron chi connectivity index (χ1n) is 6.23. The van der Waals surface area contributed by atoms with E-state index in [9.17, 15) is 0 Å². The van der Waals surface area contributed by atoms with Gasteiger partial charge in [0.05, 0.1) is 7.11 Å². The van der Waals surface area contributed by atoms with Gasteiger partial charge in [-0.1, -0.05) is 18.2 Å². The molecule has 0 fully saturated rings. The first-order valence-corrected chi connectivity index (χ1v) is 6.23. The van der Waals surface area contributed by atoms with E-state index in [0.29, 0.717) is 6.61 Å². The van der Waals surface area contributed by atoms with Crippen LogP contribution in [0.2, 0.25) is 0 Å². The smallest absolute Gasteiger partial charge is 0.161 e. The Labute approximate surface area is 114 Å². The van der Waals surface area contributed by atoms with Gasteiger partial charge in [0.15, 0.2) is 11.5 Å².